The van der Waals surface area contributed by atoms with Crippen LogP contribution in [0.4, 0.5) is 0 Å². The third kappa shape index (κ3) is 10.6. The van der Waals surface area contributed by atoms with Gasteiger partial charge in [0, 0.05) is 37.2 Å². The smallest absolute Gasteiger partial charge is 0.216 e. The summed E-state index contributed by atoms with van der Waals surface area (Å²) in [6, 6.07) is 38.2. The van der Waals surface area contributed by atoms with Crippen LogP contribution >= 0.6 is 0 Å². The molecule has 1 aliphatic heterocycles. The molecule has 1 fully saturated rings. The van der Waals surface area contributed by atoms with Crippen molar-refractivity contribution in [1.82, 2.24) is 10.3 Å². The molecule has 0 bridgehead atoms. The Morgan fingerprint density at radius 3 is 2.09 bits per heavy atom. The summed E-state index contributed by atoms with van der Waals surface area (Å²) in [5.41, 5.74) is 3.83. The Kier molecular flexibility index (Phi) is 14.2. The minimum atomic E-state index is -1.35. The number of aromatic nitrogens is 1. The fraction of sp³-hybridized carbons (Fsp3) is 0.386. The average Bonchev–Trinajstić information content (AvgIpc) is 3.61. The molecule has 9 heteroatoms. The molecule has 0 aliphatic carbocycles. The van der Waals surface area contributed by atoms with Gasteiger partial charge in [-0.15, -0.1) is 0 Å². The normalized spacial score (nSPS) is 21.5. The molecule has 53 heavy (non-hydrogen) atoms. The van der Waals surface area contributed by atoms with E-state index in [0.717, 1.165) is 52.4 Å². The van der Waals surface area contributed by atoms with Crippen molar-refractivity contribution >= 4 is 16.8 Å². The van der Waals surface area contributed by atoms with Crippen molar-refractivity contribution in [3.63, 3.8) is 0 Å². The standard InChI is InChI=1S/C44H52N2O7/c1-33(47)45-26-14-5-15-27-49-32-40-41(50-29-34-16-6-2-7-17-34)42(51-30-35-18-8-3-9-19-35)44(43(48)53-40,52-31-36-20-10-4-11-21-36)25-24-37-28-46-39-23-13-12-22-38(37)39/h2-4,6-13,16-23,28,40-43,46,48H,5,14-15,24-27,29-32H2,1H3,(H,45,47)/t40-,41-,42+,43-,44-/m1/s1. The van der Waals surface area contributed by atoms with Crippen LogP contribution in [0.1, 0.15) is 54.9 Å². The van der Waals surface area contributed by atoms with Gasteiger partial charge in [-0.3, -0.25) is 4.79 Å². The van der Waals surface area contributed by atoms with Gasteiger partial charge in [0.2, 0.25) is 5.91 Å². The van der Waals surface area contributed by atoms with E-state index in [4.69, 9.17) is 23.7 Å². The number of hydrogen-bond donors (Lipinski definition) is 3. The Morgan fingerprint density at radius 1 is 0.792 bits per heavy atom. The highest BCUT2D eigenvalue weighted by Crippen LogP contribution is 2.41. The lowest BCUT2D eigenvalue weighted by Gasteiger charge is -2.52. The second-order valence-corrected chi connectivity index (χ2v) is 13.7. The highest BCUT2D eigenvalue weighted by molar-refractivity contribution is 5.83. The highest BCUT2D eigenvalue weighted by Gasteiger charge is 2.58. The molecule has 6 rings (SSSR count). The molecule has 5 aromatic rings. The summed E-state index contributed by atoms with van der Waals surface area (Å²) in [6.45, 7) is 3.72. The van der Waals surface area contributed by atoms with Gasteiger partial charge in [-0.05, 0) is 60.4 Å². The highest BCUT2D eigenvalue weighted by atomic mass is 16.7. The molecule has 1 aromatic heterocycles. The van der Waals surface area contributed by atoms with Gasteiger partial charge in [0.1, 0.15) is 23.9 Å². The number of benzene rings is 4. The number of rotatable bonds is 20. The van der Waals surface area contributed by atoms with E-state index in [-0.39, 0.29) is 25.7 Å². The van der Waals surface area contributed by atoms with Crippen molar-refractivity contribution in [2.24, 2.45) is 0 Å². The van der Waals surface area contributed by atoms with E-state index in [1.807, 2.05) is 109 Å². The molecule has 1 aliphatic rings. The first-order valence-corrected chi connectivity index (χ1v) is 18.7. The topological polar surface area (TPSA) is 111 Å². The number of unbranched alkanes of at least 4 members (excludes halogenated alkanes) is 2. The number of carbonyl (C=O) groups is 1. The van der Waals surface area contributed by atoms with Crippen molar-refractivity contribution in [2.75, 3.05) is 19.8 Å². The van der Waals surface area contributed by atoms with Crippen LogP contribution in [-0.4, -0.2) is 66.0 Å². The van der Waals surface area contributed by atoms with E-state index in [1.165, 1.54) is 6.92 Å². The van der Waals surface area contributed by atoms with Crippen LogP contribution in [0.3, 0.4) is 0 Å². The largest absolute Gasteiger partial charge is 0.379 e. The first-order valence-electron chi connectivity index (χ1n) is 18.7. The molecule has 280 valence electrons. The number of ether oxygens (including phenoxy) is 5. The third-order valence-corrected chi connectivity index (χ3v) is 9.86. The number of nitrogens with one attached hydrogen (secondary N) is 2. The molecule has 3 N–H and O–H groups in total. The maximum atomic E-state index is 12.2. The number of aromatic amines is 1. The van der Waals surface area contributed by atoms with Crippen LogP contribution in [0.25, 0.3) is 10.9 Å². The molecule has 0 saturated carbocycles. The van der Waals surface area contributed by atoms with Crippen molar-refractivity contribution < 1.29 is 33.6 Å². The lowest BCUT2D eigenvalue weighted by molar-refractivity contribution is -0.360. The number of amides is 1. The van der Waals surface area contributed by atoms with Crippen LogP contribution < -0.4 is 5.32 Å². The molecule has 0 spiro atoms. The van der Waals surface area contributed by atoms with Gasteiger partial charge in [-0.25, -0.2) is 0 Å². The van der Waals surface area contributed by atoms with E-state index in [1.54, 1.807) is 0 Å². The van der Waals surface area contributed by atoms with Gasteiger partial charge in [0.05, 0.1) is 26.4 Å². The van der Waals surface area contributed by atoms with Crippen molar-refractivity contribution in [3.8, 4) is 0 Å². The summed E-state index contributed by atoms with van der Waals surface area (Å²) in [7, 11) is 0. The Bertz CT molecular complexity index is 1800. The third-order valence-electron chi connectivity index (χ3n) is 9.86. The fourth-order valence-corrected chi connectivity index (χ4v) is 6.98. The van der Waals surface area contributed by atoms with Crippen LogP contribution in [0.2, 0.25) is 0 Å². The first kappa shape index (κ1) is 38.4. The van der Waals surface area contributed by atoms with Gasteiger partial charge < -0.3 is 39.1 Å². The number of H-pyrrole nitrogens is 1. The maximum Gasteiger partial charge on any atom is 0.216 e. The van der Waals surface area contributed by atoms with E-state index in [0.29, 0.717) is 32.6 Å². The van der Waals surface area contributed by atoms with E-state index in [9.17, 15) is 9.90 Å². The lowest BCUT2D eigenvalue weighted by atomic mass is 9.81. The number of carbonyl (C=O) groups excluding carboxylic acids is 1. The van der Waals surface area contributed by atoms with Gasteiger partial charge in [0.25, 0.3) is 0 Å². The fourth-order valence-electron chi connectivity index (χ4n) is 6.98. The summed E-state index contributed by atoms with van der Waals surface area (Å²) in [4.78, 5) is 14.6. The number of aliphatic hydroxyl groups excluding tert-OH is 1. The molecule has 9 nitrogen and oxygen atoms in total. The second-order valence-electron chi connectivity index (χ2n) is 13.7. The summed E-state index contributed by atoms with van der Waals surface area (Å²) >= 11 is 0. The predicted molar refractivity (Wildman–Crippen MR) is 205 cm³/mol. The van der Waals surface area contributed by atoms with Gasteiger partial charge >= 0.3 is 0 Å². The Morgan fingerprint density at radius 2 is 1.42 bits per heavy atom. The maximum absolute atomic E-state index is 12.2. The molecule has 0 radical (unpaired) electrons. The number of fused-ring (bicyclic) bond motifs is 1. The van der Waals surface area contributed by atoms with Crippen LogP contribution in [0.5, 0.6) is 0 Å². The number of aliphatic hydroxyl groups is 1. The minimum Gasteiger partial charge on any atom is -0.379 e. The second kappa shape index (κ2) is 19.6. The summed E-state index contributed by atoms with van der Waals surface area (Å²) < 4.78 is 33.4. The number of para-hydroxylation sites is 1. The molecule has 1 saturated heterocycles. The van der Waals surface area contributed by atoms with Crippen LogP contribution in [-0.2, 0) is 54.7 Å². The Labute approximate surface area is 312 Å². The molecular formula is C44H52N2O7. The molecule has 2 heterocycles. The zero-order chi connectivity index (χ0) is 36.7. The van der Waals surface area contributed by atoms with E-state index < -0.39 is 30.2 Å². The summed E-state index contributed by atoms with van der Waals surface area (Å²) in [5.74, 6) is -0.0230. The average molecular weight is 721 g/mol. The molecule has 5 atom stereocenters. The van der Waals surface area contributed by atoms with E-state index in [2.05, 4.69) is 22.4 Å². The minimum absolute atomic E-state index is 0.0230. The van der Waals surface area contributed by atoms with Gasteiger partial charge in [0.15, 0.2) is 6.29 Å². The van der Waals surface area contributed by atoms with Crippen LogP contribution in [0.15, 0.2) is 121 Å². The number of hydrogen-bond acceptors (Lipinski definition) is 7. The summed E-state index contributed by atoms with van der Waals surface area (Å²) in [5, 5.41) is 16.2. The lowest BCUT2D eigenvalue weighted by Crippen LogP contribution is -2.69. The van der Waals surface area contributed by atoms with Crippen molar-refractivity contribution in [1.29, 1.82) is 0 Å². The molecule has 1 amide bonds. The van der Waals surface area contributed by atoms with Gasteiger partial charge in [-0.2, -0.15) is 0 Å². The van der Waals surface area contributed by atoms with E-state index >= 15 is 0 Å². The summed E-state index contributed by atoms with van der Waals surface area (Å²) in [6.07, 6.45) is 2.25. The van der Waals surface area contributed by atoms with Crippen LogP contribution in [0, 0.1) is 0 Å². The first-order chi connectivity index (χ1) is 26.0. The molecule has 0 unspecified atom stereocenters. The predicted octanol–water partition coefficient (Wildman–Crippen LogP) is 7.27. The van der Waals surface area contributed by atoms with Gasteiger partial charge in [-0.1, -0.05) is 109 Å². The Balaban J connectivity index is 1.30. The molecule has 4 aromatic carbocycles. The quantitative estimate of drug-likeness (QED) is 0.0726. The molecular weight excluding hydrogens is 668 g/mol. The number of aryl methyl sites for hydroxylation is 1. The monoisotopic (exact) mass is 720 g/mol. The SMILES string of the molecule is CC(=O)NCCCCCOC[C@H]1O[C@@H](O)[C@](CCc2c[nH]c3ccccc23)(OCc2ccccc2)[C@@H](OCc2ccccc2)[C@@H]1OCc1ccccc1. The zero-order valence-corrected chi connectivity index (χ0v) is 30.5. The Hall–Kier alpha value is -4.35. The van der Waals surface area contributed by atoms with Crippen molar-refractivity contribution in [3.05, 3.63) is 144 Å². The zero-order valence-electron chi connectivity index (χ0n) is 30.5. The van der Waals surface area contributed by atoms with Crippen molar-refractivity contribution in [2.45, 2.75) is 89.1 Å².